The summed E-state index contributed by atoms with van der Waals surface area (Å²) in [6, 6.07) is 12.8. The van der Waals surface area contributed by atoms with Gasteiger partial charge < -0.3 is 9.47 Å². The van der Waals surface area contributed by atoms with E-state index in [0.717, 1.165) is 15.8 Å². The second-order valence-electron chi connectivity index (χ2n) is 8.47. The van der Waals surface area contributed by atoms with Crippen LogP contribution in [0.3, 0.4) is 0 Å². The van der Waals surface area contributed by atoms with E-state index in [1.54, 1.807) is 51.5 Å². The van der Waals surface area contributed by atoms with Gasteiger partial charge in [0.05, 0.1) is 11.2 Å². The molecule has 2 aromatic heterocycles. The minimum absolute atomic E-state index is 0.177. The Morgan fingerprint density at radius 3 is 2.55 bits per heavy atom. The normalized spacial score (nSPS) is 18.7. The summed E-state index contributed by atoms with van der Waals surface area (Å²) in [5, 5.41) is 0.819. The predicted molar refractivity (Wildman–Crippen MR) is 117 cm³/mol. The monoisotopic (exact) mass is 419 g/mol. The third-order valence-corrected chi connectivity index (χ3v) is 5.12. The number of hydrogen-bond acceptors (Lipinski definition) is 6. The van der Waals surface area contributed by atoms with Crippen molar-refractivity contribution in [1.29, 1.82) is 0 Å². The molecule has 0 bridgehead atoms. The Balaban J connectivity index is 1.77. The highest BCUT2D eigenvalue weighted by Crippen LogP contribution is 2.35. The molecule has 1 aliphatic heterocycles. The second-order valence-corrected chi connectivity index (χ2v) is 8.47. The number of anilines is 1. The van der Waals surface area contributed by atoms with Crippen LogP contribution in [0.2, 0.25) is 0 Å². The van der Waals surface area contributed by atoms with Gasteiger partial charge in [-0.05, 0) is 57.0 Å². The van der Waals surface area contributed by atoms with Gasteiger partial charge in [-0.15, -0.1) is 0 Å². The molecular formula is C24H25N3O4. The van der Waals surface area contributed by atoms with Gasteiger partial charge in [-0.2, -0.15) is 0 Å². The Labute approximate surface area is 181 Å². The maximum Gasteiger partial charge on any atom is 0.421 e. The molecule has 1 saturated heterocycles. The number of benzene rings is 1. The van der Waals surface area contributed by atoms with E-state index in [4.69, 9.17) is 9.47 Å². The molecule has 0 unspecified atom stereocenters. The largest absolute Gasteiger partial charge is 0.443 e. The van der Waals surface area contributed by atoms with Gasteiger partial charge in [0.15, 0.2) is 0 Å². The van der Waals surface area contributed by atoms with E-state index in [1.165, 1.54) is 0 Å². The molecule has 4 rings (SSSR count). The number of para-hydroxylation sites is 1. The van der Waals surface area contributed by atoms with Gasteiger partial charge in [0.25, 0.3) is 5.91 Å². The first-order valence-corrected chi connectivity index (χ1v) is 10.3. The lowest BCUT2D eigenvalue weighted by Gasteiger charge is -2.29. The number of pyridine rings is 2. The standard InChI is InChI=1S/C24H25N3O4/c1-24(2,3)31-23(29)27(19-8-4-6-17-7-5-12-26-20(17)19)22(28)21-18(11-15-30-21)16-9-13-25-14-10-16/h4-10,12-14,18,21H,11,15H2,1-3H3/t18-,21-/m1/s1. The zero-order valence-electron chi connectivity index (χ0n) is 17.8. The van der Waals surface area contributed by atoms with Crippen molar-refractivity contribution in [2.24, 2.45) is 0 Å². The van der Waals surface area contributed by atoms with Gasteiger partial charge in [0.1, 0.15) is 11.7 Å². The first-order chi connectivity index (χ1) is 14.8. The van der Waals surface area contributed by atoms with Crippen LogP contribution in [0.1, 0.15) is 38.7 Å². The number of amides is 2. The van der Waals surface area contributed by atoms with E-state index in [0.29, 0.717) is 24.2 Å². The SMILES string of the molecule is CC(C)(C)OC(=O)N(C(=O)[C@@H]1OCC[C@@H]1c1ccncc1)c1cccc2cccnc12. The molecule has 0 aliphatic carbocycles. The van der Waals surface area contributed by atoms with E-state index in [-0.39, 0.29) is 5.92 Å². The van der Waals surface area contributed by atoms with Crippen LogP contribution in [0.5, 0.6) is 0 Å². The smallest absolute Gasteiger partial charge is 0.421 e. The van der Waals surface area contributed by atoms with E-state index < -0.39 is 23.7 Å². The van der Waals surface area contributed by atoms with Crippen molar-refractivity contribution in [2.75, 3.05) is 11.5 Å². The number of carbonyl (C=O) groups excluding carboxylic acids is 2. The number of carbonyl (C=O) groups is 2. The fraction of sp³-hybridized carbons (Fsp3) is 0.333. The van der Waals surface area contributed by atoms with Crippen molar-refractivity contribution in [1.82, 2.24) is 9.97 Å². The number of rotatable bonds is 3. The van der Waals surface area contributed by atoms with Gasteiger partial charge in [0, 0.05) is 36.5 Å². The molecule has 7 nitrogen and oxygen atoms in total. The quantitative estimate of drug-likeness (QED) is 0.623. The summed E-state index contributed by atoms with van der Waals surface area (Å²) >= 11 is 0. The zero-order valence-corrected chi connectivity index (χ0v) is 17.8. The molecule has 2 amide bonds. The van der Waals surface area contributed by atoms with Crippen molar-refractivity contribution in [3.8, 4) is 0 Å². The number of fused-ring (bicyclic) bond motifs is 1. The third kappa shape index (κ3) is 4.41. The molecule has 7 heteroatoms. The summed E-state index contributed by atoms with van der Waals surface area (Å²) in [6.07, 6.45) is 4.13. The number of ether oxygens (including phenoxy) is 2. The molecule has 160 valence electrons. The highest BCUT2D eigenvalue weighted by atomic mass is 16.6. The first-order valence-electron chi connectivity index (χ1n) is 10.3. The molecule has 1 aromatic carbocycles. The predicted octanol–water partition coefficient (Wildman–Crippen LogP) is 4.47. The maximum atomic E-state index is 13.8. The topological polar surface area (TPSA) is 81.6 Å². The summed E-state index contributed by atoms with van der Waals surface area (Å²) in [5.41, 5.74) is 1.10. The van der Waals surface area contributed by atoms with Crippen LogP contribution in [0.4, 0.5) is 10.5 Å². The Morgan fingerprint density at radius 1 is 1.06 bits per heavy atom. The lowest BCUT2D eigenvalue weighted by Crippen LogP contribution is -2.47. The van der Waals surface area contributed by atoms with Crippen molar-refractivity contribution in [3.05, 3.63) is 66.6 Å². The Bertz CT molecular complexity index is 1090. The highest BCUT2D eigenvalue weighted by Gasteiger charge is 2.42. The van der Waals surface area contributed by atoms with E-state index in [1.807, 2.05) is 30.3 Å². The molecule has 31 heavy (non-hydrogen) atoms. The average Bonchev–Trinajstić information content (AvgIpc) is 3.23. The summed E-state index contributed by atoms with van der Waals surface area (Å²) < 4.78 is 11.4. The molecule has 3 aromatic rings. The van der Waals surface area contributed by atoms with Crippen molar-refractivity contribution in [3.63, 3.8) is 0 Å². The van der Waals surface area contributed by atoms with Crippen molar-refractivity contribution in [2.45, 2.75) is 44.8 Å². The minimum Gasteiger partial charge on any atom is -0.443 e. The highest BCUT2D eigenvalue weighted by molar-refractivity contribution is 6.18. The first kappa shape index (κ1) is 20.9. The van der Waals surface area contributed by atoms with Gasteiger partial charge in [0.2, 0.25) is 0 Å². The van der Waals surface area contributed by atoms with Crippen molar-refractivity contribution >= 4 is 28.6 Å². The minimum atomic E-state index is -0.811. The molecule has 0 N–H and O–H groups in total. The maximum absolute atomic E-state index is 13.8. The molecule has 1 fully saturated rings. The second kappa shape index (κ2) is 8.43. The number of aromatic nitrogens is 2. The zero-order chi connectivity index (χ0) is 22.0. The molecule has 0 saturated carbocycles. The Morgan fingerprint density at radius 2 is 1.81 bits per heavy atom. The fourth-order valence-corrected chi connectivity index (χ4v) is 3.80. The van der Waals surface area contributed by atoms with Crippen LogP contribution in [-0.2, 0) is 14.3 Å². The number of imide groups is 1. The Kier molecular flexibility index (Phi) is 5.69. The third-order valence-electron chi connectivity index (χ3n) is 5.12. The van der Waals surface area contributed by atoms with E-state index >= 15 is 0 Å². The molecule has 0 radical (unpaired) electrons. The summed E-state index contributed by atoms with van der Waals surface area (Å²) in [7, 11) is 0. The lowest BCUT2D eigenvalue weighted by molar-refractivity contribution is -0.127. The molecule has 3 heterocycles. The lowest BCUT2D eigenvalue weighted by atomic mass is 9.92. The summed E-state index contributed by atoms with van der Waals surface area (Å²) in [4.78, 5) is 36.5. The van der Waals surface area contributed by atoms with Crippen LogP contribution >= 0.6 is 0 Å². The van der Waals surface area contributed by atoms with Crippen molar-refractivity contribution < 1.29 is 19.1 Å². The van der Waals surface area contributed by atoms with Crippen LogP contribution in [0.15, 0.2) is 61.1 Å². The Hall–Kier alpha value is -3.32. The van der Waals surface area contributed by atoms with E-state index in [9.17, 15) is 9.59 Å². The molecule has 1 aliphatic rings. The van der Waals surface area contributed by atoms with Crippen LogP contribution in [0, 0.1) is 0 Å². The van der Waals surface area contributed by atoms with Crippen LogP contribution < -0.4 is 4.90 Å². The molecule has 0 spiro atoms. The van der Waals surface area contributed by atoms with E-state index in [2.05, 4.69) is 9.97 Å². The fourth-order valence-electron chi connectivity index (χ4n) is 3.80. The molecular weight excluding hydrogens is 394 g/mol. The number of nitrogens with zero attached hydrogens (tertiary/aromatic N) is 3. The molecule has 2 atom stereocenters. The van der Waals surface area contributed by atoms with Crippen LogP contribution in [-0.4, -0.2) is 40.3 Å². The number of hydrogen-bond donors (Lipinski definition) is 0. The van der Waals surface area contributed by atoms with Crippen LogP contribution in [0.25, 0.3) is 10.9 Å². The van der Waals surface area contributed by atoms with Gasteiger partial charge in [-0.1, -0.05) is 18.2 Å². The summed E-state index contributed by atoms with van der Waals surface area (Å²) in [5.74, 6) is -0.643. The summed E-state index contributed by atoms with van der Waals surface area (Å²) in [6.45, 7) is 5.72. The van der Waals surface area contributed by atoms with Gasteiger partial charge >= 0.3 is 6.09 Å². The van der Waals surface area contributed by atoms with Gasteiger partial charge in [-0.3, -0.25) is 14.8 Å². The van der Waals surface area contributed by atoms with Gasteiger partial charge in [-0.25, -0.2) is 9.69 Å². The average molecular weight is 419 g/mol.